The summed E-state index contributed by atoms with van der Waals surface area (Å²) in [5.41, 5.74) is 2.88. The highest BCUT2D eigenvalue weighted by Gasteiger charge is 2.26. The Morgan fingerprint density at radius 2 is 2.19 bits per heavy atom. The maximum Gasteiger partial charge on any atom is 0.265 e. The number of amides is 1. The zero-order valence-electron chi connectivity index (χ0n) is 12.0. The van der Waals surface area contributed by atoms with Crippen molar-refractivity contribution in [1.29, 1.82) is 0 Å². The molecule has 6 heteroatoms. The van der Waals surface area contributed by atoms with Gasteiger partial charge in [-0.05, 0) is 53.3 Å². The van der Waals surface area contributed by atoms with E-state index in [0.717, 1.165) is 32.8 Å². The Kier molecular flexibility index (Phi) is 3.88. The Hall–Kier alpha value is -1.57. The topological polar surface area (TPSA) is 47.4 Å². The highest BCUT2D eigenvalue weighted by Crippen LogP contribution is 2.34. The van der Waals surface area contributed by atoms with Crippen LogP contribution in [0.4, 0.5) is 5.69 Å². The number of anilines is 1. The van der Waals surface area contributed by atoms with E-state index < -0.39 is 0 Å². The zero-order valence-corrected chi connectivity index (χ0v) is 14.1. The smallest absolute Gasteiger partial charge is 0.265 e. The monoisotopic (exact) mass is 397 g/mol. The number of hydrogen-bond acceptors (Lipinski definition) is 3. The lowest BCUT2D eigenvalue weighted by Crippen LogP contribution is -2.38. The van der Waals surface area contributed by atoms with Gasteiger partial charge in [-0.3, -0.25) is 14.4 Å². The number of ether oxygens (including phenoxy) is 1. The second-order valence-electron chi connectivity index (χ2n) is 4.98. The molecule has 0 saturated carbocycles. The van der Waals surface area contributed by atoms with Crippen LogP contribution in [0.15, 0.2) is 24.3 Å². The van der Waals surface area contributed by atoms with Gasteiger partial charge in [0.05, 0.1) is 23.6 Å². The molecular formula is C15H16IN3O2. The summed E-state index contributed by atoms with van der Waals surface area (Å²) in [6.07, 6.45) is 0.889. The summed E-state index contributed by atoms with van der Waals surface area (Å²) >= 11 is 2.24. The van der Waals surface area contributed by atoms with Crippen LogP contribution in [0.25, 0.3) is 0 Å². The minimum absolute atomic E-state index is 0.0250. The second-order valence-corrected chi connectivity index (χ2v) is 6.23. The number of benzene rings is 1. The molecule has 2 heterocycles. The van der Waals surface area contributed by atoms with E-state index in [1.54, 1.807) is 4.90 Å². The van der Waals surface area contributed by atoms with Crippen molar-refractivity contribution in [3.63, 3.8) is 0 Å². The van der Waals surface area contributed by atoms with Gasteiger partial charge in [0, 0.05) is 10.6 Å². The van der Waals surface area contributed by atoms with E-state index in [4.69, 9.17) is 4.74 Å². The predicted molar refractivity (Wildman–Crippen MR) is 88.4 cm³/mol. The van der Waals surface area contributed by atoms with Crippen molar-refractivity contribution in [3.05, 3.63) is 39.2 Å². The number of carbonyl (C=O) groups is 1. The number of fused-ring (bicyclic) bond motifs is 1. The van der Waals surface area contributed by atoms with Crippen molar-refractivity contribution in [2.45, 2.75) is 19.9 Å². The SMILES string of the molecule is CCc1cc(CN2C(=O)COc3cc(I)ccc32)n(C)n1. The minimum Gasteiger partial charge on any atom is -0.482 e. The molecule has 0 N–H and O–H groups in total. The van der Waals surface area contributed by atoms with Gasteiger partial charge in [0.15, 0.2) is 6.61 Å². The van der Waals surface area contributed by atoms with Crippen LogP contribution < -0.4 is 9.64 Å². The molecule has 0 atom stereocenters. The Morgan fingerprint density at radius 1 is 1.38 bits per heavy atom. The molecule has 0 bridgehead atoms. The van der Waals surface area contributed by atoms with Crippen molar-refractivity contribution in [3.8, 4) is 5.75 Å². The molecule has 3 rings (SSSR count). The summed E-state index contributed by atoms with van der Waals surface area (Å²) in [6, 6.07) is 7.92. The van der Waals surface area contributed by atoms with E-state index in [2.05, 4.69) is 40.7 Å². The van der Waals surface area contributed by atoms with E-state index in [1.165, 1.54) is 0 Å². The fraction of sp³-hybridized carbons (Fsp3) is 0.333. The lowest BCUT2D eigenvalue weighted by Gasteiger charge is -2.29. The summed E-state index contributed by atoms with van der Waals surface area (Å²) in [5.74, 6) is 0.738. The third-order valence-electron chi connectivity index (χ3n) is 3.57. The number of halogens is 1. The Balaban J connectivity index is 1.94. The molecule has 1 amide bonds. The first-order chi connectivity index (χ1) is 10.1. The van der Waals surface area contributed by atoms with Gasteiger partial charge in [-0.2, -0.15) is 5.10 Å². The van der Waals surface area contributed by atoms with E-state index in [0.29, 0.717) is 6.54 Å². The highest BCUT2D eigenvalue weighted by molar-refractivity contribution is 14.1. The Labute approximate surface area is 137 Å². The van der Waals surface area contributed by atoms with Gasteiger partial charge in [-0.1, -0.05) is 6.92 Å². The van der Waals surface area contributed by atoms with Crippen molar-refractivity contribution >= 4 is 34.2 Å². The van der Waals surface area contributed by atoms with Crippen LogP contribution >= 0.6 is 22.6 Å². The number of nitrogens with zero attached hydrogens (tertiary/aromatic N) is 3. The number of rotatable bonds is 3. The van der Waals surface area contributed by atoms with E-state index in [9.17, 15) is 4.79 Å². The van der Waals surface area contributed by atoms with Crippen molar-refractivity contribution in [1.82, 2.24) is 9.78 Å². The zero-order chi connectivity index (χ0) is 15.0. The summed E-state index contributed by atoms with van der Waals surface area (Å²) in [7, 11) is 1.91. The second kappa shape index (κ2) is 5.67. The third-order valence-corrected chi connectivity index (χ3v) is 4.25. The van der Waals surface area contributed by atoms with Crippen LogP contribution in [0.2, 0.25) is 0 Å². The van der Waals surface area contributed by atoms with Gasteiger partial charge in [-0.15, -0.1) is 0 Å². The van der Waals surface area contributed by atoms with Crippen LogP contribution in [-0.4, -0.2) is 22.3 Å². The van der Waals surface area contributed by atoms with Crippen molar-refractivity contribution in [2.75, 3.05) is 11.5 Å². The fourth-order valence-corrected chi connectivity index (χ4v) is 2.87. The first-order valence-corrected chi connectivity index (χ1v) is 7.91. The van der Waals surface area contributed by atoms with Crippen LogP contribution in [0, 0.1) is 3.57 Å². The Bertz CT molecular complexity index is 696. The first-order valence-electron chi connectivity index (χ1n) is 6.83. The normalized spacial score (nSPS) is 14.0. The van der Waals surface area contributed by atoms with Gasteiger partial charge in [0.1, 0.15) is 5.75 Å². The van der Waals surface area contributed by atoms with E-state index in [1.807, 2.05) is 29.9 Å². The van der Waals surface area contributed by atoms with Gasteiger partial charge in [0.25, 0.3) is 5.91 Å². The molecule has 0 fully saturated rings. The van der Waals surface area contributed by atoms with Crippen LogP contribution in [0.1, 0.15) is 18.3 Å². The van der Waals surface area contributed by atoms with Crippen LogP contribution in [-0.2, 0) is 24.8 Å². The summed E-state index contributed by atoms with van der Waals surface area (Å²) in [5, 5.41) is 4.44. The van der Waals surface area contributed by atoms with Crippen molar-refractivity contribution < 1.29 is 9.53 Å². The molecule has 0 unspecified atom stereocenters. The number of aromatic nitrogens is 2. The largest absolute Gasteiger partial charge is 0.482 e. The lowest BCUT2D eigenvalue weighted by atomic mass is 10.2. The van der Waals surface area contributed by atoms with Crippen LogP contribution in [0.3, 0.4) is 0 Å². The number of hydrogen-bond donors (Lipinski definition) is 0. The van der Waals surface area contributed by atoms with Gasteiger partial charge in [0.2, 0.25) is 0 Å². The molecule has 1 aromatic carbocycles. The average molecular weight is 397 g/mol. The molecule has 2 aromatic rings. The molecule has 1 aliphatic heterocycles. The molecule has 5 nitrogen and oxygen atoms in total. The van der Waals surface area contributed by atoms with Gasteiger partial charge < -0.3 is 4.74 Å². The Morgan fingerprint density at radius 3 is 2.90 bits per heavy atom. The lowest BCUT2D eigenvalue weighted by molar-refractivity contribution is -0.121. The van der Waals surface area contributed by atoms with E-state index >= 15 is 0 Å². The highest BCUT2D eigenvalue weighted by atomic mass is 127. The molecule has 21 heavy (non-hydrogen) atoms. The quantitative estimate of drug-likeness (QED) is 0.748. The standard InChI is InChI=1S/C15H16IN3O2/c1-3-11-7-12(18(2)17-11)8-19-13-5-4-10(16)6-14(13)21-9-15(19)20/h4-7H,3,8-9H2,1-2H3. The average Bonchev–Trinajstić information content (AvgIpc) is 2.82. The number of aryl methyl sites for hydroxylation is 2. The molecule has 110 valence electrons. The molecule has 1 aromatic heterocycles. The fourth-order valence-electron chi connectivity index (χ4n) is 2.41. The van der Waals surface area contributed by atoms with Crippen LogP contribution in [0.5, 0.6) is 5.75 Å². The summed E-state index contributed by atoms with van der Waals surface area (Å²) < 4.78 is 8.46. The maximum atomic E-state index is 12.2. The van der Waals surface area contributed by atoms with Crippen molar-refractivity contribution in [2.24, 2.45) is 7.05 Å². The van der Waals surface area contributed by atoms with E-state index in [-0.39, 0.29) is 12.5 Å². The summed E-state index contributed by atoms with van der Waals surface area (Å²) in [4.78, 5) is 14.0. The number of carbonyl (C=O) groups excluding carboxylic acids is 1. The molecule has 0 spiro atoms. The molecule has 0 radical (unpaired) electrons. The first kappa shape index (κ1) is 14.4. The third kappa shape index (κ3) is 2.76. The molecule has 1 aliphatic rings. The van der Waals surface area contributed by atoms with Gasteiger partial charge in [-0.25, -0.2) is 0 Å². The molecule has 0 saturated heterocycles. The predicted octanol–water partition coefficient (Wildman–Crippen LogP) is 2.51. The minimum atomic E-state index is -0.0250. The summed E-state index contributed by atoms with van der Waals surface area (Å²) in [6.45, 7) is 2.67. The molecular weight excluding hydrogens is 381 g/mol. The molecule has 0 aliphatic carbocycles. The maximum absolute atomic E-state index is 12.2. The van der Waals surface area contributed by atoms with Gasteiger partial charge >= 0.3 is 0 Å².